The highest BCUT2D eigenvalue weighted by molar-refractivity contribution is 7.98. The lowest BCUT2D eigenvalue weighted by atomic mass is 10.3. The van der Waals surface area contributed by atoms with Crippen molar-refractivity contribution < 1.29 is 0 Å². The topological polar surface area (TPSA) is 50.9 Å². The van der Waals surface area contributed by atoms with Crippen LogP contribution in [0.5, 0.6) is 0 Å². The summed E-state index contributed by atoms with van der Waals surface area (Å²) in [5.74, 6) is 8.31. The van der Waals surface area contributed by atoms with Crippen molar-refractivity contribution in [3.8, 4) is 0 Å². The van der Waals surface area contributed by atoms with Crippen LogP contribution in [0.3, 0.4) is 0 Å². The standard InChI is InChI=1S/C11H19N3S/c1-2-3-4-7-15-9-10-5-6-13-11(8-10)14-12/h5-6,8H,2-4,7,9,12H2,1H3,(H,13,14). The number of nitrogens with one attached hydrogen (secondary N) is 1. The Kier molecular flexibility index (Phi) is 6.20. The summed E-state index contributed by atoms with van der Waals surface area (Å²) in [6, 6.07) is 4.03. The minimum Gasteiger partial charge on any atom is -0.308 e. The van der Waals surface area contributed by atoms with E-state index in [2.05, 4.69) is 17.3 Å². The molecule has 84 valence electrons. The third-order valence-electron chi connectivity index (χ3n) is 2.13. The van der Waals surface area contributed by atoms with Crippen LogP contribution in [0.4, 0.5) is 5.82 Å². The van der Waals surface area contributed by atoms with E-state index in [4.69, 9.17) is 5.84 Å². The number of rotatable bonds is 7. The molecule has 3 N–H and O–H groups in total. The molecular weight excluding hydrogens is 206 g/mol. The summed E-state index contributed by atoms with van der Waals surface area (Å²) in [5.41, 5.74) is 3.83. The maximum Gasteiger partial charge on any atom is 0.140 e. The van der Waals surface area contributed by atoms with Gasteiger partial charge in [-0.3, -0.25) is 0 Å². The van der Waals surface area contributed by atoms with E-state index in [9.17, 15) is 0 Å². The lowest BCUT2D eigenvalue weighted by molar-refractivity contribution is 0.778. The van der Waals surface area contributed by atoms with Gasteiger partial charge in [-0.15, -0.1) is 0 Å². The Morgan fingerprint density at radius 3 is 3.07 bits per heavy atom. The van der Waals surface area contributed by atoms with Gasteiger partial charge in [0.1, 0.15) is 5.82 Å². The van der Waals surface area contributed by atoms with E-state index < -0.39 is 0 Å². The van der Waals surface area contributed by atoms with E-state index in [0.29, 0.717) is 0 Å². The third-order valence-corrected chi connectivity index (χ3v) is 3.25. The predicted octanol–water partition coefficient (Wildman–Crippen LogP) is 2.79. The first-order valence-electron chi connectivity index (χ1n) is 5.36. The fourth-order valence-electron chi connectivity index (χ4n) is 1.29. The number of nitrogens with zero attached hydrogens (tertiary/aromatic N) is 1. The number of aromatic nitrogens is 1. The quantitative estimate of drug-likeness (QED) is 0.425. The van der Waals surface area contributed by atoms with Gasteiger partial charge in [0.2, 0.25) is 0 Å². The molecular formula is C11H19N3S. The average molecular weight is 225 g/mol. The minimum absolute atomic E-state index is 0.738. The number of hydrazine groups is 1. The van der Waals surface area contributed by atoms with Crippen LogP contribution in [-0.2, 0) is 5.75 Å². The average Bonchev–Trinajstić information content (AvgIpc) is 2.29. The number of hydrogen-bond donors (Lipinski definition) is 2. The molecule has 1 rings (SSSR count). The number of nitrogen functional groups attached to an aromatic ring is 1. The Labute approximate surface area is 95.8 Å². The molecule has 0 saturated heterocycles. The maximum absolute atomic E-state index is 5.29. The molecule has 0 aliphatic carbocycles. The van der Waals surface area contributed by atoms with Gasteiger partial charge in [0, 0.05) is 11.9 Å². The maximum atomic E-state index is 5.29. The monoisotopic (exact) mass is 225 g/mol. The third kappa shape index (κ3) is 5.04. The lowest BCUT2D eigenvalue weighted by Crippen LogP contribution is -2.08. The van der Waals surface area contributed by atoms with Gasteiger partial charge in [0.15, 0.2) is 0 Å². The van der Waals surface area contributed by atoms with Crippen molar-refractivity contribution in [1.82, 2.24) is 4.98 Å². The zero-order valence-corrected chi connectivity index (χ0v) is 10.0. The van der Waals surface area contributed by atoms with Crippen LogP contribution in [0.25, 0.3) is 0 Å². The fourth-order valence-corrected chi connectivity index (χ4v) is 2.26. The number of pyridine rings is 1. The summed E-state index contributed by atoms with van der Waals surface area (Å²) in [6.45, 7) is 2.23. The number of anilines is 1. The van der Waals surface area contributed by atoms with Crippen molar-refractivity contribution in [2.45, 2.75) is 31.9 Å². The predicted molar refractivity (Wildman–Crippen MR) is 67.7 cm³/mol. The normalized spacial score (nSPS) is 10.3. The Bertz CT molecular complexity index is 278. The van der Waals surface area contributed by atoms with Crippen molar-refractivity contribution in [3.63, 3.8) is 0 Å². The molecule has 0 aromatic carbocycles. The van der Waals surface area contributed by atoms with Crippen molar-refractivity contribution in [3.05, 3.63) is 23.9 Å². The Balaban J connectivity index is 2.24. The summed E-state index contributed by atoms with van der Waals surface area (Å²) in [6.07, 6.45) is 5.72. The van der Waals surface area contributed by atoms with Gasteiger partial charge >= 0.3 is 0 Å². The molecule has 0 spiro atoms. The van der Waals surface area contributed by atoms with E-state index in [0.717, 1.165) is 11.6 Å². The zero-order valence-electron chi connectivity index (χ0n) is 9.20. The number of unbranched alkanes of at least 4 members (excludes halogenated alkanes) is 2. The first kappa shape index (κ1) is 12.3. The molecule has 0 bridgehead atoms. The van der Waals surface area contributed by atoms with Gasteiger partial charge in [0.05, 0.1) is 0 Å². The molecule has 0 atom stereocenters. The second-order valence-electron chi connectivity index (χ2n) is 3.45. The summed E-state index contributed by atoms with van der Waals surface area (Å²) in [7, 11) is 0. The molecule has 3 nitrogen and oxygen atoms in total. The highest BCUT2D eigenvalue weighted by Gasteiger charge is 1.96. The molecule has 0 amide bonds. The van der Waals surface area contributed by atoms with E-state index in [1.807, 2.05) is 23.9 Å². The fraction of sp³-hybridized carbons (Fsp3) is 0.545. The number of nitrogens with two attached hydrogens (primary N) is 1. The van der Waals surface area contributed by atoms with Gasteiger partial charge in [-0.2, -0.15) is 11.8 Å². The van der Waals surface area contributed by atoms with Crippen molar-refractivity contribution in [1.29, 1.82) is 0 Å². The van der Waals surface area contributed by atoms with Crippen molar-refractivity contribution >= 4 is 17.6 Å². The lowest BCUT2D eigenvalue weighted by Gasteiger charge is -2.03. The molecule has 0 radical (unpaired) electrons. The van der Waals surface area contributed by atoms with Crippen molar-refractivity contribution in [2.24, 2.45) is 5.84 Å². The molecule has 15 heavy (non-hydrogen) atoms. The van der Waals surface area contributed by atoms with Crippen LogP contribution in [0, 0.1) is 0 Å². The van der Waals surface area contributed by atoms with Gasteiger partial charge in [-0.05, 0) is 29.9 Å². The highest BCUT2D eigenvalue weighted by atomic mass is 32.2. The summed E-state index contributed by atoms with van der Waals surface area (Å²) >= 11 is 1.97. The van der Waals surface area contributed by atoms with Gasteiger partial charge < -0.3 is 5.43 Å². The SMILES string of the molecule is CCCCCSCc1ccnc(NN)c1. The first-order valence-corrected chi connectivity index (χ1v) is 6.51. The summed E-state index contributed by atoms with van der Waals surface area (Å²) in [5, 5.41) is 0. The molecule has 0 aliphatic heterocycles. The molecule has 4 heteroatoms. The van der Waals surface area contributed by atoms with Crippen LogP contribution in [0.2, 0.25) is 0 Å². The Hall–Kier alpha value is -0.740. The number of thioether (sulfide) groups is 1. The van der Waals surface area contributed by atoms with E-state index in [1.165, 1.54) is 30.6 Å². The highest BCUT2D eigenvalue weighted by Crippen LogP contribution is 2.15. The minimum atomic E-state index is 0.738. The number of hydrogen-bond acceptors (Lipinski definition) is 4. The molecule has 1 heterocycles. The van der Waals surface area contributed by atoms with Crippen LogP contribution < -0.4 is 11.3 Å². The van der Waals surface area contributed by atoms with E-state index >= 15 is 0 Å². The van der Waals surface area contributed by atoms with Crippen LogP contribution in [-0.4, -0.2) is 10.7 Å². The Morgan fingerprint density at radius 1 is 1.47 bits per heavy atom. The molecule has 0 unspecified atom stereocenters. The largest absolute Gasteiger partial charge is 0.308 e. The first-order chi connectivity index (χ1) is 7.36. The second kappa shape index (κ2) is 7.54. The molecule has 0 aliphatic rings. The smallest absolute Gasteiger partial charge is 0.140 e. The van der Waals surface area contributed by atoms with Gasteiger partial charge in [0.25, 0.3) is 0 Å². The second-order valence-corrected chi connectivity index (χ2v) is 4.56. The molecule has 1 aromatic heterocycles. The van der Waals surface area contributed by atoms with Crippen molar-refractivity contribution in [2.75, 3.05) is 11.2 Å². The van der Waals surface area contributed by atoms with Gasteiger partial charge in [-0.25, -0.2) is 10.8 Å². The van der Waals surface area contributed by atoms with E-state index in [-0.39, 0.29) is 0 Å². The Morgan fingerprint density at radius 2 is 2.33 bits per heavy atom. The summed E-state index contributed by atoms with van der Waals surface area (Å²) in [4.78, 5) is 4.07. The van der Waals surface area contributed by atoms with Crippen LogP contribution >= 0.6 is 11.8 Å². The van der Waals surface area contributed by atoms with Crippen LogP contribution in [0.1, 0.15) is 31.7 Å². The van der Waals surface area contributed by atoms with Crippen LogP contribution in [0.15, 0.2) is 18.3 Å². The summed E-state index contributed by atoms with van der Waals surface area (Å²) < 4.78 is 0. The van der Waals surface area contributed by atoms with E-state index in [1.54, 1.807) is 6.20 Å². The molecule has 1 aromatic rings. The van der Waals surface area contributed by atoms with Gasteiger partial charge in [-0.1, -0.05) is 19.8 Å². The zero-order chi connectivity index (χ0) is 10.9. The molecule has 0 saturated carbocycles. The molecule has 0 fully saturated rings.